The Balaban J connectivity index is 2.38. The van der Waals surface area contributed by atoms with Crippen LogP contribution in [0.25, 0.3) is 0 Å². The van der Waals surface area contributed by atoms with Crippen LogP contribution in [0.3, 0.4) is 0 Å². The Morgan fingerprint density at radius 2 is 2.06 bits per heavy atom. The number of fused-ring (bicyclic) bond motifs is 1. The van der Waals surface area contributed by atoms with E-state index >= 15 is 0 Å². The third-order valence-corrected chi connectivity index (χ3v) is 2.63. The highest BCUT2D eigenvalue weighted by atomic mass is 16.7. The van der Waals surface area contributed by atoms with E-state index in [0.29, 0.717) is 11.5 Å². The highest BCUT2D eigenvalue weighted by molar-refractivity contribution is 5.83. The molecular weight excluding hydrogens is 208 g/mol. The average Bonchev–Trinajstić information content (AvgIpc) is 2.72. The maximum Gasteiger partial charge on any atom is 0.241 e. The van der Waals surface area contributed by atoms with E-state index in [9.17, 15) is 4.79 Å². The largest absolute Gasteiger partial charge is 0.454 e. The van der Waals surface area contributed by atoms with Gasteiger partial charge in [-0.2, -0.15) is 0 Å². The number of nitrogens with one attached hydrogen (secondary N) is 1. The van der Waals surface area contributed by atoms with Gasteiger partial charge in [0.25, 0.3) is 0 Å². The number of aryl methyl sites for hydroxylation is 1. The SMILES string of the molecule is CNC(=O)C(N)c1cc2c(cc1C)OCO2. The zero-order valence-electron chi connectivity index (χ0n) is 9.24. The summed E-state index contributed by atoms with van der Waals surface area (Å²) in [6.45, 7) is 2.10. The summed E-state index contributed by atoms with van der Waals surface area (Å²) in [5, 5.41) is 2.52. The van der Waals surface area contributed by atoms with Gasteiger partial charge in [0, 0.05) is 7.05 Å². The molecule has 5 heteroatoms. The van der Waals surface area contributed by atoms with Gasteiger partial charge in [0.1, 0.15) is 6.04 Å². The van der Waals surface area contributed by atoms with E-state index < -0.39 is 6.04 Å². The van der Waals surface area contributed by atoms with Crippen molar-refractivity contribution in [3.63, 3.8) is 0 Å². The van der Waals surface area contributed by atoms with Gasteiger partial charge < -0.3 is 20.5 Å². The number of amides is 1. The molecule has 1 unspecified atom stereocenters. The molecule has 5 nitrogen and oxygen atoms in total. The monoisotopic (exact) mass is 222 g/mol. The number of ether oxygens (including phenoxy) is 2. The summed E-state index contributed by atoms with van der Waals surface area (Å²) in [5.41, 5.74) is 7.51. The third-order valence-electron chi connectivity index (χ3n) is 2.63. The van der Waals surface area contributed by atoms with Gasteiger partial charge in [0.05, 0.1) is 0 Å². The molecule has 1 amide bonds. The lowest BCUT2D eigenvalue weighted by molar-refractivity contribution is -0.122. The molecule has 0 radical (unpaired) electrons. The second-order valence-corrected chi connectivity index (χ2v) is 3.65. The summed E-state index contributed by atoms with van der Waals surface area (Å²) in [5.74, 6) is 1.12. The number of rotatable bonds is 2. The number of carbonyl (C=O) groups is 1. The van der Waals surface area contributed by atoms with E-state index in [4.69, 9.17) is 15.2 Å². The van der Waals surface area contributed by atoms with Crippen molar-refractivity contribution in [2.45, 2.75) is 13.0 Å². The van der Waals surface area contributed by atoms with Crippen LogP contribution >= 0.6 is 0 Å². The fourth-order valence-electron chi connectivity index (χ4n) is 1.69. The number of carbonyl (C=O) groups excluding carboxylic acids is 1. The molecule has 0 aliphatic carbocycles. The number of benzene rings is 1. The Kier molecular flexibility index (Phi) is 2.70. The molecule has 0 spiro atoms. The van der Waals surface area contributed by atoms with Crippen LogP contribution in [0.2, 0.25) is 0 Å². The van der Waals surface area contributed by atoms with Crippen LogP contribution in [-0.4, -0.2) is 19.7 Å². The van der Waals surface area contributed by atoms with Crippen molar-refractivity contribution in [1.29, 1.82) is 0 Å². The van der Waals surface area contributed by atoms with Crippen molar-refractivity contribution < 1.29 is 14.3 Å². The van der Waals surface area contributed by atoms with E-state index in [0.717, 1.165) is 11.1 Å². The van der Waals surface area contributed by atoms with E-state index in [1.54, 1.807) is 13.1 Å². The number of hydrogen-bond donors (Lipinski definition) is 2. The van der Waals surface area contributed by atoms with Gasteiger partial charge in [-0.25, -0.2) is 0 Å². The fourth-order valence-corrected chi connectivity index (χ4v) is 1.69. The normalized spacial score (nSPS) is 14.7. The summed E-state index contributed by atoms with van der Waals surface area (Å²) in [6, 6.07) is 2.91. The maximum absolute atomic E-state index is 11.5. The highest BCUT2D eigenvalue weighted by Gasteiger charge is 2.21. The Morgan fingerprint density at radius 1 is 1.44 bits per heavy atom. The standard InChI is InChI=1S/C11H14N2O3/c1-6-3-8-9(16-5-15-8)4-7(6)10(12)11(14)13-2/h3-4,10H,5,12H2,1-2H3,(H,13,14). The number of likely N-dealkylation sites (N-methyl/N-ethyl adjacent to an activating group) is 1. The first-order valence-electron chi connectivity index (χ1n) is 5.01. The molecule has 1 atom stereocenters. The van der Waals surface area contributed by atoms with Crippen molar-refractivity contribution in [3.05, 3.63) is 23.3 Å². The Labute approximate surface area is 93.5 Å². The molecular formula is C11H14N2O3. The van der Waals surface area contributed by atoms with Gasteiger partial charge in [-0.1, -0.05) is 0 Å². The van der Waals surface area contributed by atoms with Gasteiger partial charge in [-0.15, -0.1) is 0 Å². The summed E-state index contributed by atoms with van der Waals surface area (Å²) in [4.78, 5) is 11.5. The van der Waals surface area contributed by atoms with Crippen LogP contribution in [0.5, 0.6) is 11.5 Å². The molecule has 1 aromatic carbocycles. The van der Waals surface area contributed by atoms with E-state index in [2.05, 4.69) is 5.32 Å². The minimum atomic E-state index is -0.681. The minimum absolute atomic E-state index is 0.216. The van der Waals surface area contributed by atoms with Crippen molar-refractivity contribution in [2.75, 3.05) is 13.8 Å². The van der Waals surface area contributed by atoms with Crippen LogP contribution in [0, 0.1) is 6.92 Å². The highest BCUT2D eigenvalue weighted by Crippen LogP contribution is 2.36. The first-order chi connectivity index (χ1) is 7.63. The van der Waals surface area contributed by atoms with Crippen LogP contribution in [0.4, 0.5) is 0 Å². The van der Waals surface area contributed by atoms with Crippen LogP contribution in [0.1, 0.15) is 17.2 Å². The fraction of sp³-hybridized carbons (Fsp3) is 0.364. The van der Waals surface area contributed by atoms with Crippen molar-refractivity contribution >= 4 is 5.91 Å². The molecule has 0 saturated carbocycles. The zero-order chi connectivity index (χ0) is 11.7. The molecule has 2 rings (SSSR count). The zero-order valence-corrected chi connectivity index (χ0v) is 9.24. The summed E-state index contributed by atoms with van der Waals surface area (Å²) in [7, 11) is 1.56. The quantitative estimate of drug-likeness (QED) is 0.762. The van der Waals surface area contributed by atoms with E-state index in [-0.39, 0.29) is 12.7 Å². The molecule has 0 aromatic heterocycles. The molecule has 0 bridgehead atoms. The Morgan fingerprint density at radius 3 is 2.69 bits per heavy atom. The van der Waals surface area contributed by atoms with Crippen molar-refractivity contribution in [2.24, 2.45) is 5.73 Å². The van der Waals surface area contributed by atoms with Crippen LogP contribution in [-0.2, 0) is 4.79 Å². The number of nitrogens with two attached hydrogens (primary N) is 1. The summed E-state index contributed by atoms with van der Waals surface area (Å²) in [6.07, 6.45) is 0. The van der Waals surface area contributed by atoms with Gasteiger partial charge in [-0.05, 0) is 30.2 Å². The lowest BCUT2D eigenvalue weighted by atomic mass is 10.0. The maximum atomic E-state index is 11.5. The Bertz CT molecular complexity index is 431. The van der Waals surface area contributed by atoms with Crippen LogP contribution in [0.15, 0.2) is 12.1 Å². The molecule has 86 valence electrons. The first-order valence-corrected chi connectivity index (χ1v) is 5.01. The smallest absolute Gasteiger partial charge is 0.241 e. The molecule has 1 aromatic rings. The molecule has 1 aliphatic rings. The summed E-state index contributed by atoms with van der Waals surface area (Å²) >= 11 is 0. The Hall–Kier alpha value is -1.75. The predicted octanol–water partition coefficient (Wildman–Crippen LogP) is 0.470. The van der Waals surface area contributed by atoms with Gasteiger partial charge >= 0.3 is 0 Å². The van der Waals surface area contributed by atoms with E-state index in [1.165, 1.54) is 0 Å². The third kappa shape index (κ3) is 1.69. The van der Waals surface area contributed by atoms with Gasteiger partial charge in [-0.3, -0.25) is 4.79 Å². The lowest BCUT2D eigenvalue weighted by Gasteiger charge is -2.13. The number of hydrogen-bond acceptors (Lipinski definition) is 4. The molecule has 3 N–H and O–H groups in total. The minimum Gasteiger partial charge on any atom is -0.454 e. The molecule has 0 saturated heterocycles. The molecule has 0 fully saturated rings. The predicted molar refractivity (Wildman–Crippen MR) is 58.3 cm³/mol. The second-order valence-electron chi connectivity index (χ2n) is 3.65. The summed E-state index contributed by atoms with van der Waals surface area (Å²) < 4.78 is 10.5. The second kappa shape index (κ2) is 4.02. The van der Waals surface area contributed by atoms with Crippen LogP contribution < -0.4 is 20.5 Å². The average molecular weight is 222 g/mol. The van der Waals surface area contributed by atoms with Crippen molar-refractivity contribution in [3.8, 4) is 11.5 Å². The van der Waals surface area contributed by atoms with E-state index in [1.807, 2.05) is 13.0 Å². The van der Waals surface area contributed by atoms with Gasteiger partial charge in [0.15, 0.2) is 11.5 Å². The lowest BCUT2D eigenvalue weighted by Crippen LogP contribution is -2.31. The van der Waals surface area contributed by atoms with Gasteiger partial charge in [0.2, 0.25) is 12.7 Å². The molecule has 16 heavy (non-hydrogen) atoms. The van der Waals surface area contributed by atoms with Crippen molar-refractivity contribution in [1.82, 2.24) is 5.32 Å². The molecule has 1 aliphatic heterocycles. The molecule has 1 heterocycles. The topological polar surface area (TPSA) is 73.6 Å². The first kappa shape index (κ1) is 10.8.